The molecule has 0 saturated heterocycles. The second kappa shape index (κ2) is 3.69. The first-order valence-corrected chi connectivity index (χ1v) is 7.63. The van der Waals surface area contributed by atoms with Crippen LogP contribution in [0.25, 0.3) is 0 Å². The summed E-state index contributed by atoms with van der Waals surface area (Å²) in [6.07, 6.45) is 1.80. The highest BCUT2D eigenvalue weighted by atomic mass is 32.2. The third-order valence-electron chi connectivity index (χ3n) is 2.37. The molecule has 0 aliphatic heterocycles. The molecular weight excluding hydrogens is 242 g/mol. The van der Waals surface area contributed by atoms with Crippen LogP contribution in [0, 0.1) is 0 Å². The normalized spacial score (nSPS) is 20.5. The molecule has 0 spiro atoms. The van der Waals surface area contributed by atoms with Crippen LogP contribution in [0.5, 0.6) is 0 Å². The Bertz CT molecular complexity index is 432. The van der Waals surface area contributed by atoms with E-state index in [0.29, 0.717) is 12.8 Å². The second-order valence-corrected chi connectivity index (χ2v) is 8.13. The summed E-state index contributed by atoms with van der Waals surface area (Å²) in [5, 5.41) is 0. The Kier molecular flexibility index (Phi) is 3.17. The standard InChI is InChI=1S/C7H15NO5S2/c1-8(2)15(11,12)7(4-5-7)6-13-14(3,9)10/h4-6H2,1-3H3. The lowest BCUT2D eigenvalue weighted by Gasteiger charge is -2.20. The average molecular weight is 257 g/mol. The molecular formula is C7H15NO5S2. The number of hydrogen-bond acceptors (Lipinski definition) is 5. The maximum atomic E-state index is 11.8. The van der Waals surface area contributed by atoms with Gasteiger partial charge < -0.3 is 0 Å². The van der Waals surface area contributed by atoms with Crippen LogP contribution >= 0.6 is 0 Å². The van der Waals surface area contributed by atoms with Crippen LogP contribution in [0.1, 0.15) is 12.8 Å². The van der Waals surface area contributed by atoms with Gasteiger partial charge in [0, 0.05) is 14.1 Å². The van der Waals surface area contributed by atoms with Crippen molar-refractivity contribution >= 4 is 20.1 Å². The van der Waals surface area contributed by atoms with Crippen molar-refractivity contribution in [2.75, 3.05) is 27.0 Å². The van der Waals surface area contributed by atoms with Crippen molar-refractivity contribution in [1.29, 1.82) is 0 Å². The fourth-order valence-electron chi connectivity index (χ4n) is 1.22. The Labute approximate surface area is 90.4 Å². The third-order valence-corrected chi connectivity index (χ3v) is 5.50. The second-order valence-electron chi connectivity index (χ2n) is 3.94. The van der Waals surface area contributed by atoms with Gasteiger partial charge in [0.1, 0.15) is 4.75 Å². The van der Waals surface area contributed by atoms with Crippen molar-refractivity contribution in [1.82, 2.24) is 4.31 Å². The van der Waals surface area contributed by atoms with Gasteiger partial charge in [0.2, 0.25) is 10.0 Å². The third kappa shape index (κ3) is 2.68. The molecule has 0 bridgehead atoms. The Hall–Kier alpha value is -0.180. The van der Waals surface area contributed by atoms with Crippen LogP contribution in [0.15, 0.2) is 0 Å². The van der Waals surface area contributed by atoms with Gasteiger partial charge in [-0.25, -0.2) is 12.7 Å². The highest BCUT2D eigenvalue weighted by Gasteiger charge is 2.56. The summed E-state index contributed by atoms with van der Waals surface area (Å²) in [6.45, 7) is -0.285. The number of sulfonamides is 1. The van der Waals surface area contributed by atoms with Crippen molar-refractivity contribution in [2.45, 2.75) is 17.6 Å². The van der Waals surface area contributed by atoms with E-state index in [-0.39, 0.29) is 6.61 Å². The zero-order chi connectivity index (χ0) is 11.9. The highest BCUT2D eigenvalue weighted by molar-refractivity contribution is 7.91. The Morgan fingerprint density at radius 2 is 1.67 bits per heavy atom. The topological polar surface area (TPSA) is 80.8 Å². The van der Waals surface area contributed by atoms with Gasteiger partial charge in [-0.1, -0.05) is 0 Å². The van der Waals surface area contributed by atoms with Crippen molar-refractivity contribution in [3.05, 3.63) is 0 Å². The molecule has 0 aromatic rings. The van der Waals surface area contributed by atoms with E-state index < -0.39 is 24.9 Å². The van der Waals surface area contributed by atoms with Crippen molar-refractivity contribution in [3.63, 3.8) is 0 Å². The fourth-order valence-corrected chi connectivity index (χ4v) is 3.33. The smallest absolute Gasteiger partial charge is 0.264 e. The summed E-state index contributed by atoms with van der Waals surface area (Å²) in [5.41, 5.74) is 0. The van der Waals surface area contributed by atoms with E-state index in [1.807, 2.05) is 0 Å². The molecule has 0 atom stereocenters. The van der Waals surface area contributed by atoms with Gasteiger partial charge in [0.05, 0.1) is 12.9 Å². The molecule has 1 aliphatic rings. The summed E-state index contributed by atoms with van der Waals surface area (Å²) in [5.74, 6) is 0. The predicted molar refractivity (Wildman–Crippen MR) is 55.4 cm³/mol. The maximum absolute atomic E-state index is 11.8. The Balaban J connectivity index is 2.79. The molecule has 1 aliphatic carbocycles. The molecule has 1 saturated carbocycles. The summed E-state index contributed by atoms with van der Waals surface area (Å²) in [4.78, 5) is 0. The van der Waals surface area contributed by atoms with Gasteiger partial charge in [-0.2, -0.15) is 8.42 Å². The number of nitrogens with zero attached hydrogens (tertiary/aromatic N) is 1. The SMILES string of the molecule is CN(C)S(=O)(=O)C1(COS(C)(=O)=O)CC1. The zero-order valence-electron chi connectivity index (χ0n) is 8.93. The van der Waals surface area contributed by atoms with Crippen LogP contribution in [0.4, 0.5) is 0 Å². The molecule has 0 aromatic heterocycles. The maximum Gasteiger partial charge on any atom is 0.264 e. The van der Waals surface area contributed by atoms with Crippen molar-refractivity contribution < 1.29 is 21.0 Å². The molecule has 8 heteroatoms. The van der Waals surface area contributed by atoms with E-state index in [2.05, 4.69) is 4.18 Å². The van der Waals surface area contributed by atoms with Gasteiger partial charge in [0.15, 0.2) is 0 Å². The largest absolute Gasteiger partial charge is 0.269 e. The first-order valence-electron chi connectivity index (χ1n) is 4.37. The van der Waals surface area contributed by atoms with E-state index in [1.54, 1.807) is 0 Å². The van der Waals surface area contributed by atoms with Gasteiger partial charge in [-0.3, -0.25) is 4.18 Å². The van der Waals surface area contributed by atoms with E-state index in [0.717, 1.165) is 10.6 Å². The van der Waals surface area contributed by atoms with Gasteiger partial charge in [0.25, 0.3) is 10.1 Å². The summed E-state index contributed by atoms with van der Waals surface area (Å²) in [7, 11) is -4.18. The lowest BCUT2D eigenvalue weighted by Crippen LogP contribution is -2.38. The van der Waals surface area contributed by atoms with Crippen LogP contribution < -0.4 is 0 Å². The molecule has 90 valence electrons. The van der Waals surface area contributed by atoms with Crippen LogP contribution in [-0.2, 0) is 24.3 Å². The van der Waals surface area contributed by atoms with Crippen LogP contribution in [-0.4, -0.2) is 52.8 Å². The molecule has 1 rings (SSSR count). The summed E-state index contributed by atoms with van der Waals surface area (Å²) < 4.78 is 49.7. The van der Waals surface area contributed by atoms with Crippen LogP contribution in [0.2, 0.25) is 0 Å². The van der Waals surface area contributed by atoms with Gasteiger partial charge >= 0.3 is 0 Å². The fraction of sp³-hybridized carbons (Fsp3) is 1.00. The summed E-state index contributed by atoms with van der Waals surface area (Å²) in [6, 6.07) is 0. The van der Waals surface area contributed by atoms with Crippen molar-refractivity contribution in [2.24, 2.45) is 0 Å². The molecule has 1 fully saturated rings. The molecule has 0 radical (unpaired) electrons. The minimum absolute atomic E-state index is 0.285. The average Bonchev–Trinajstić information content (AvgIpc) is 2.79. The first kappa shape index (κ1) is 12.9. The van der Waals surface area contributed by atoms with Gasteiger partial charge in [-0.05, 0) is 12.8 Å². The molecule has 0 heterocycles. The summed E-state index contributed by atoms with van der Waals surface area (Å²) >= 11 is 0. The minimum atomic E-state index is -3.59. The Morgan fingerprint density at radius 3 is 1.93 bits per heavy atom. The molecule has 6 nitrogen and oxygen atoms in total. The number of rotatable bonds is 5. The molecule has 0 aromatic carbocycles. The van der Waals surface area contributed by atoms with E-state index in [4.69, 9.17) is 0 Å². The predicted octanol–water partition coefficient (Wildman–Crippen LogP) is -0.613. The van der Waals surface area contributed by atoms with E-state index in [1.165, 1.54) is 14.1 Å². The molecule has 0 N–H and O–H groups in total. The molecule has 0 unspecified atom stereocenters. The van der Waals surface area contributed by atoms with E-state index in [9.17, 15) is 16.8 Å². The molecule has 0 amide bonds. The monoisotopic (exact) mass is 257 g/mol. The quantitative estimate of drug-likeness (QED) is 0.614. The minimum Gasteiger partial charge on any atom is -0.269 e. The number of hydrogen-bond donors (Lipinski definition) is 0. The highest BCUT2D eigenvalue weighted by Crippen LogP contribution is 2.45. The van der Waals surface area contributed by atoms with Crippen molar-refractivity contribution in [3.8, 4) is 0 Å². The lowest BCUT2D eigenvalue weighted by atomic mass is 10.5. The lowest BCUT2D eigenvalue weighted by molar-refractivity contribution is 0.307. The molecule has 15 heavy (non-hydrogen) atoms. The first-order chi connectivity index (χ1) is 6.61. The van der Waals surface area contributed by atoms with Crippen LogP contribution in [0.3, 0.4) is 0 Å². The van der Waals surface area contributed by atoms with Gasteiger partial charge in [-0.15, -0.1) is 0 Å². The zero-order valence-corrected chi connectivity index (χ0v) is 10.6. The Morgan fingerprint density at radius 1 is 1.20 bits per heavy atom. The van der Waals surface area contributed by atoms with E-state index >= 15 is 0 Å².